The molecular formula is C34H48N2O5. The van der Waals surface area contributed by atoms with E-state index in [4.69, 9.17) is 5.11 Å². The highest BCUT2D eigenvalue weighted by molar-refractivity contribution is 5.78. The number of hydrogen-bond acceptors (Lipinski definition) is 5. The molecule has 7 heteroatoms. The van der Waals surface area contributed by atoms with Crippen LogP contribution in [-0.2, 0) is 9.59 Å². The third-order valence-electron chi connectivity index (χ3n) is 6.64. The molecule has 6 atom stereocenters. The molecule has 7 nitrogen and oxygen atoms in total. The molecule has 4 N–H and O–H groups in total. The number of carboxylic acid groups (broad SMARTS) is 1. The smallest absolute Gasteiger partial charge is 0.307 e. The Hall–Kier alpha value is -3.62. The molecule has 0 spiro atoms. The second kappa shape index (κ2) is 21.2. The van der Waals surface area contributed by atoms with Crippen molar-refractivity contribution in [2.45, 2.75) is 78.7 Å². The van der Waals surface area contributed by atoms with Crippen LogP contribution in [0.5, 0.6) is 0 Å². The van der Waals surface area contributed by atoms with Crippen molar-refractivity contribution in [2.24, 2.45) is 11.8 Å². The number of likely N-dealkylation sites (N-methyl/N-ethyl adjacent to an activating group) is 2. The second-order valence-electron chi connectivity index (χ2n) is 9.88. The van der Waals surface area contributed by atoms with Gasteiger partial charge in [-0.2, -0.15) is 0 Å². The number of carbonyl (C=O) groups is 2. The molecule has 0 aliphatic rings. The second-order valence-corrected chi connectivity index (χ2v) is 9.88. The molecule has 0 fully saturated rings. The van der Waals surface area contributed by atoms with Crippen molar-refractivity contribution in [2.75, 3.05) is 14.1 Å². The summed E-state index contributed by atoms with van der Waals surface area (Å²) in [4.78, 5) is 24.0. The molecule has 0 radical (unpaired) electrons. The molecule has 41 heavy (non-hydrogen) atoms. The normalized spacial score (nSPS) is 14.2. The van der Waals surface area contributed by atoms with Crippen molar-refractivity contribution in [3.63, 3.8) is 0 Å². The number of nitrogens with zero attached hydrogens (tertiary/aromatic N) is 1. The Balaban J connectivity index is 0.000000646. The SMILES string of the molecule is CC#CCC(C)C(=O)N(C)[C@H](C)[C@H](O)c1ccccc1.CC#CCC(C)C(=O)O.CN[C@H](C)[C@H](O)c1ccccc1. The van der Waals surface area contributed by atoms with Crippen molar-refractivity contribution in [1.29, 1.82) is 0 Å². The fourth-order valence-electron chi connectivity index (χ4n) is 3.47. The summed E-state index contributed by atoms with van der Waals surface area (Å²) < 4.78 is 0. The minimum absolute atomic E-state index is 0.00947. The van der Waals surface area contributed by atoms with Gasteiger partial charge in [-0.05, 0) is 45.9 Å². The Kier molecular flexibility index (Phi) is 19.3. The Labute approximate surface area is 247 Å². The fourth-order valence-corrected chi connectivity index (χ4v) is 3.47. The van der Waals surface area contributed by atoms with Gasteiger partial charge in [-0.3, -0.25) is 9.59 Å². The van der Waals surface area contributed by atoms with E-state index in [-0.39, 0.29) is 29.8 Å². The van der Waals surface area contributed by atoms with Gasteiger partial charge in [0.1, 0.15) is 0 Å². The number of hydrogen-bond donors (Lipinski definition) is 4. The zero-order valence-corrected chi connectivity index (χ0v) is 25.8. The first kappa shape index (κ1) is 37.4. The van der Waals surface area contributed by atoms with Crippen molar-refractivity contribution in [3.05, 3.63) is 71.8 Å². The molecule has 2 unspecified atom stereocenters. The van der Waals surface area contributed by atoms with E-state index in [9.17, 15) is 19.8 Å². The van der Waals surface area contributed by atoms with Gasteiger partial charge in [0.25, 0.3) is 0 Å². The van der Waals surface area contributed by atoms with E-state index < -0.39 is 18.2 Å². The molecule has 0 heterocycles. The van der Waals surface area contributed by atoms with Crippen LogP contribution in [0, 0.1) is 35.5 Å². The van der Waals surface area contributed by atoms with Gasteiger partial charge in [0, 0.05) is 31.8 Å². The Bertz CT molecular complexity index is 1130. The highest BCUT2D eigenvalue weighted by Gasteiger charge is 2.26. The van der Waals surface area contributed by atoms with Crippen LogP contribution in [0.3, 0.4) is 0 Å². The van der Waals surface area contributed by atoms with Crippen LogP contribution in [0.15, 0.2) is 60.7 Å². The topological polar surface area (TPSA) is 110 Å². The number of aliphatic hydroxyl groups excluding tert-OH is 2. The lowest BCUT2D eigenvalue weighted by Gasteiger charge is -2.31. The first-order valence-electron chi connectivity index (χ1n) is 13.8. The number of amides is 1. The summed E-state index contributed by atoms with van der Waals surface area (Å²) in [5.74, 6) is 9.80. The maximum absolute atomic E-state index is 12.3. The summed E-state index contributed by atoms with van der Waals surface area (Å²) >= 11 is 0. The van der Waals surface area contributed by atoms with Crippen molar-refractivity contribution < 1.29 is 24.9 Å². The van der Waals surface area contributed by atoms with E-state index in [1.54, 1.807) is 32.7 Å². The highest BCUT2D eigenvalue weighted by Crippen LogP contribution is 2.21. The predicted molar refractivity (Wildman–Crippen MR) is 166 cm³/mol. The molecule has 2 aromatic carbocycles. The number of carbonyl (C=O) groups excluding carboxylic acids is 1. The van der Waals surface area contributed by atoms with Crippen LogP contribution in [0.2, 0.25) is 0 Å². The van der Waals surface area contributed by atoms with E-state index in [1.807, 2.05) is 88.5 Å². The highest BCUT2D eigenvalue weighted by atomic mass is 16.4. The van der Waals surface area contributed by atoms with Crippen LogP contribution < -0.4 is 5.32 Å². The summed E-state index contributed by atoms with van der Waals surface area (Å²) in [6.07, 6.45) is -0.106. The Morgan fingerprint density at radius 3 is 1.59 bits per heavy atom. The Morgan fingerprint density at radius 2 is 1.20 bits per heavy atom. The van der Waals surface area contributed by atoms with Gasteiger partial charge in [-0.1, -0.05) is 74.5 Å². The molecule has 224 valence electrons. The summed E-state index contributed by atoms with van der Waals surface area (Å²) in [5, 5.41) is 31.4. The minimum Gasteiger partial charge on any atom is -0.481 e. The van der Waals surface area contributed by atoms with Crippen LogP contribution >= 0.6 is 0 Å². The number of aliphatic hydroxyl groups is 2. The zero-order valence-electron chi connectivity index (χ0n) is 25.8. The van der Waals surface area contributed by atoms with Gasteiger partial charge in [0.2, 0.25) is 5.91 Å². The molecule has 1 amide bonds. The molecule has 0 saturated heterocycles. The average Bonchev–Trinajstić information content (AvgIpc) is 3.01. The van der Waals surface area contributed by atoms with Gasteiger partial charge in [0.15, 0.2) is 0 Å². The van der Waals surface area contributed by atoms with Gasteiger partial charge in [-0.15, -0.1) is 23.7 Å². The predicted octanol–water partition coefficient (Wildman–Crippen LogP) is 5.06. The fraction of sp³-hybridized carbons (Fsp3) is 0.471. The number of carboxylic acids is 1. The number of benzene rings is 2. The summed E-state index contributed by atoms with van der Waals surface area (Å²) in [6.45, 7) is 10.8. The summed E-state index contributed by atoms with van der Waals surface area (Å²) in [7, 11) is 3.58. The molecule has 2 aromatic rings. The quantitative estimate of drug-likeness (QED) is 0.300. The molecule has 0 aromatic heterocycles. The number of aliphatic carboxylic acids is 1. The van der Waals surface area contributed by atoms with Crippen molar-refractivity contribution in [3.8, 4) is 23.7 Å². The summed E-state index contributed by atoms with van der Waals surface area (Å²) in [5.41, 5.74) is 1.78. The van der Waals surface area contributed by atoms with Crippen molar-refractivity contribution >= 4 is 11.9 Å². The van der Waals surface area contributed by atoms with E-state index >= 15 is 0 Å². The van der Waals surface area contributed by atoms with E-state index in [0.717, 1.165) is 11.1 Å². The maximum atomic E-state index is 12.3. The van der Waals surface area contributed by atoms with Crippen LogP contribution in [0.1, 0.15) is 77.7 Å². The molecule has 0 saturated carbocycles. The standard InChI is InChI=1S/C17H23NO2.C10H15NO.C7H10O2/c1-5-6-10-13(2)17(20)18(4)14(3)16(19)15-11-8-7-9-12-15;1-8(11-2)10(12)9-6-4-3-5-7-9;1-3-4-5-6(2)7(8)9/h7-9,11-14,16,19H,10H2,1-4H3;3-8,10-12H,1-2H3;6H,5H2,1-2H3,(H,8,9)/t13?,14-,16+;8-,10+;/m11./s1. The van der Waals surface area contributed by atoms with E-state index in [2.05, 4.69) is 29.0 Å². The number of rotatable bonds is 10. The molecule has 0 bridgehead atoms. The molecule has 0 aliphatic carbocycles. The lowest BCUT2D eigenvalue weighted by Crippen LogP contribution is -2.41. The van der Waals surface area contributed by atoms with Gasteiger partial charge >= 0.3 is 5.97 Å². The first-order chi connectivity index (χ1) is 19.4. The van der Waals surface area contributed by atoms with Gasteiger partial charge < -0.3 is 25.5 Å². The minimum atomic E-state index is -0.780. The molecule has 0 aliphatic heterocycles. The van der Waals surface area contributed by atoms with Gasteiger partial charge in [0.05, 0.1) is 24.2 Å². The lowest BCUT2D eigenvalue weighted by atomic mass is 10.0. The van der Waals surface area contributed by atoms with Crippen LogP contribution in [0.4, 0.5) is 0 Å². The average molecular weight is 565 g/mol. The number of nitrogens with one attached hydrogen (secondary N) is 1. The monoisotopic (exact) mass is 564 g/mol. The Morgan fingerprint density at radius 1 is 0.780 bits per heavy atom. The molecular weight excluding hydrogens is 516 g/mol. The first-order valence-corrected chi connectivity index (χ1v) is 13.8. The largest absolute Gasteiger partial charge is 0.481 e. The van der Waals surface area contributed by atoms with E-state index in [1.165, 1.54) is 0 Å². The third kappa shape index (κ3) is 14.5. The third-order valence-corrected chi connectivity index (χ3v) is 6.64. The molecule has 2 rings (SSSR count). The lowest BCUT2D eigenvalue weighted by molar-refractivity contribution is -0.141. The van der Waals surface area contributed by atoms with Crippen LogP contribution in [0.25, 0.3) is 0 Å². The summed E-state index contributed by atoms with van der Waals surface area (Å²) in [6, 6.07) is 18.9. The van der Waals surface area contributed by atoms with E-state index in [0.29, 0.717) is 12.8 Å². The zero-order chi connectivity index (χ0) is 31.4. The maximum Gasteiger partial charge on any atom is 0.307 e. The van der Waals surface area contributed by atoms with Gasteiger partial charge in [-0.25, -0.2) is 0 Å². The van der Waals surface area contributed by atoms with Crippen LogP contribution in [-0.4, -0.2) is 58.3 Å². The van der Waals surface area contributed by atoms with Crippen molar-refractivity contribution in [1.82, 2.24) is 10.2 Å².